The van der Waals surface area contributed by atoms with Crippen LogP contribution in [0.3, 0.4) is 0 Å². The van der Waals surface area contributed by atoms with E-state index in [4.69, 9.17) is 4.74 Å². The van der Waals surface area contributed by atoms with Crippen molar-refractivity contribution in [2.24, 2.45) is 11.8 Å². The van der Waals surface area contributed by atoms with Gasteiger partial charge in [-0.2, -0.15) is 0 Å². The van der Waals surface area contributed by atoms with Gasteiger partial charge in [0.15, 0.2) is 0 Å². The van der Waals surface area contributed by atoms with Crippen LogP contribution in [0.5, 0.6) is 0 Å². The molecule has 2 aliphatic rings. The summed E-state index contributed by atoms with van der Waals surface area (Å²) in [6.45, 7) is 12.4. The smallest absolute Gasteiger partial charge is 0.0593 e. The molecule has 1 saturated heterocycles. The highest BCUT2D eigenvalue weighted by Crippen LogP contribution is 2.33. The highest BCUT2D eigenvalue weighted by Gasteiger charge is 2.35. The molecule has 0 bridgehead atoms. The van der Waals surface area contributed by atoms with Gasteiger partial charge in [-0.25, -0.2) is 0 Å². The minimum absolute atomic E-state index is 0.697. The zero-order valence-electron chi connectivity index (χ0n) is 13.7. The first-order valence-corrected chi connectivity index (χ1v) is 8.77. The number of nitrogens with one attached hydrogen (secondary N) is 1. The van der Waals surface area contributed by atoms with Gasteiger partial charge in [-0.1, -0.05) is 20.8 Å². The fourth-order valence-corrected chi connectivity index (χ4v) is 3.85. The summed E-state index contributed by atoms with van der Waals surface area (Å²) in [6, 6.07) is 1.42. The molecule has 3 unspecified atom stereocenters. The van der Waals surface area contributed by atoms with Crippen molar-refractivity contribution in [1.82, 2.24) is 10.2 Å². The molecule has 20 heavy (non-hydrogen) atoms. The minimum Gasteiger partial charge on any atom is -0.380 e. The molecule has 1 aliphatic carbocycles. The summed E-state index contributed by atoms with van der Waals surface area (Å²) < 4.78 is 5.64. The predicted octanol–water partition coefficient (Wildman–Crippen LogP) is 2.90. The van der Waals surface area contributed by atoms with Gasteiger partial charge in [0.25, 0.3) is 0 Å². The summed E-state index contributed by atoms with van der Waals surface area (Å²) in [4.78, 5) is 2.72. The van der Waals surface area contributed by atoms with Crippen LogP contribution in [0.25, 0.3) is 0 Å². The molecule has 0 amide bonds. The van der Waals surface area contributed by atoms with Crippen LogP contribution in [0.2, 0.25) is 0 Å². The Labute approximate surface area is 125 Å². The van der Waals surface area contributed by atoms with Crippen molar-refractivity contribution in [3.63, 3.8) is 0 Å². The van der Waals surface area contributed by atoms with Crippen molar-refractivity contribution < 1.29 is 4.74 Å². The molecule has 3 atom stereocenters. The van der Waals surface area contributed by atoms with E-state index in [1.807, 2.05) is 0 Å². The molecule has 1 saturated carbocycles. The van der Waals surface area contributed by atoms with Crippen LogP contribution < -0.4 is 5.32 Å². The first kappa shape index (κ1) is 16.3. The lowest BCUT2D eigenvalue weighted by Crippen LogP contribution is -2.54. The maximum absolute atomic E-state index is 5.64. The van der Waals surface area contributed by atoms with E-state index in [2.05, 4.69) is 31.0 Å². The Bertz CT molecular complexity index is 262. The Morgan fingerprint density at radius 3 is 2.80 bits per heavy atom. The number of ether oxygens (including phenoxy) is 1. The first-order chi connectivity index (χ1) is 9.72. The zero-order valence-corrected chi connectivity index (χ0v) is 13.7. The fourth-order valence-electron chi connectivity index (χ4n) is 3.85. The third-order valence-corrected chi connectivity index (χ3v) is 5.18. The maximum Gasteiger partial charge on any atom is 0.0593 e. The highest BCUT2D eigenvalue weighted by molar-refractivity contribution is 4.92. The standard InChI is InChI=1S/C17H34N2O/c1-4-8-18-16-7-6-15(14(2)3)13-17(16)19-9-5-11-20-12-10-19/h14-18H,4-13H2,1-3H3. The molecule has 1 aliphatic heterocycles. The highest BCUT2D eigenvalue weighted by atomic mass is 16.5. The molecule has 0 aromatic heterocycles. The lowest BCUT2D eigenvalue weighted by Gasteiger charge is -2.44. The van der Waals surface area contributed by atoms with Crippen LogP contribution in [0.4, 0.5) is 0 Å². The van der Waals surface area contributed by atoms with Gasteiger partial charge < -0.3 is 10.1 Å². The molecular weight excluding hydrogens is 248 g/mol. The number of rotatable bonds is 5. The predicted molar refractivity (Wildman–Crippen MR) is 85.1 cm³/mol. The molecular formula is C17H34N2O. The number of nitrogens with zero attached hydrogens (tertiary/aromatic N) is 1. The Hall–Kier alpha value is -0.120. The molecule has 118 valence electrons. The molecule has 1 heterocycles. The Morgan fingerprint density at radius 2 is 2.05 bits per heavy atom. The molecule has 0 aromatic carbocycles. The van der Waals surface area contributed by atoms with Crippen LogP contribution in [0.15, 0.2) is 0 Å². The second-order valence-electron chi connectivity index (χ2n) is 6.95. The average Bonchev–Trinajstić information content (AvgIpc) is 2.73. The quantitative estimate of drug-likeness (QED) is 0.839. The summed E-state index contributed by atoms with van der Waals surface area (Å²) in [5.74, 6) is 1.73. The topological polar surface area (TPSA) is 24.5 Å². The maximum atomic E-state index is 5.64. The van der Waals surface area contributed by atoms with Gasteiger partial charge >= 0.3 is 0 Å². The summed E-state index contributed by atoms with van der Waals surface area (Å²) in [6.07, 6.45) is 6.56. The molecule has 2 fully saturated rings. The van der Waals surface area contributed by atoms with Crippen molar-refractivity contribution in [1.29, 1.82) is 0 Å². The minimum atomic E-state index is 0.697. The summed E-state index contributed by atoms with van der Waals surface area (Å²) in [5, 5.41) is 3.82. The van der Waals surface area contributed by atoms with Crippen LogP contribution in [0.1, 0.15) is 52.9 Å². The van der Waals surface area contributed by atoms with Crippen LogP contribution in [-0.4, -0.2) is 49.8 Å². The molecule has 2 rings (SSSR count). The van der Waals surface area contributed by atoms with Gasteiger partial charge in [-0.15, -0.1) is 0 Å². The molecule has 0 radical (unpaired) electrons. The summed E-state index contributed by atoms with van der Waals surface area (Å²) in [5.41, 5.74) is 0. The van der Waals surface area contributed by atoms with Gasteiger partial charge in [-0.05, 0) is 50.5 Å². The van der Waals surface area contributed by atoms with Crippen molar-refractivity contribution >= 4 is 0 Å². The summed E-state index contributed by atoms with van der Waals surface area (Å²) in [7, 11) is 0. The van der Waals surface area contributed by atoms with E-state index < -0.39 is 0 Å². The van der Waals surface area contributed by atoms with Crippen LogP contribution >= 0.6 is 0 Å². The third-order valence-electron chi connectivity index (χ3n) is 5.18. The fraction of sp³-hybridized carbons (Fsp3) is 1.00. The third kappa shape index (κ3) is 4.44. The number of hydrogen-bond acceptors (Lipinski definition) is 3. The van der Waals surface area contributed by atoms with Crippen molar-refractivity contribution in [2.45, 2.75) is 65.0 Å². The molecule has 0 aromatic rings. The van der Waals surface area contributed by atoms with E-state index in [0.717, 1.165) is 44.2 Å². The van der Waals surface area contributed by atoms with E-state index in [1.54, 1.807) is 0 Å². The first-order valence-electron chi connectivity index (χ1n) is 8.77. The Morgan fingerprint density at radius 1 is 1.20 bits per heavy atom. The van der Waals surface area contributed by atoms with Crippen molar-refractivity contribution in [3.8, 4) is 0 Å². The summed E-state index contributed by atoms with van der Waals surface area (Å²) >= 11 is 0. The van der Waals surface area contributed by atoms with Gasteiger partial charge in [0.1, 0.15) is 0 Å². The van der Waals surface area contributed by atoms with Crippen molar-refractivity contribution in [3.05, 3.63) is 0 Å². The lowest BCUT2D eigenvalue weighted by molar-refractivity contribution is 0.0760. The van der Waals surface area contributed by atoms with Crippen molar-refractivity contribution in [2.75, 3.05) is 32.8 Å². The van der Waals surface area contributed by atoms with Gasteiger partial charge in [0.05, 0.1) is 6.61 Å². The number of hydrogen-bond donors (Lipinski definition) is 1. The zero-order chi connectivity index (χ0) is 14.4. The Kier molecular flexibility index (Phi) is 6.79. The molecule has 3 nitrogen and oxygen atoms in total. The second-order valence-corrected chi connectivity index (χ2v) is 6.95. The molecule has 0 spiro atoms. The molecule has 3 heteroatoms. The average molecular weight is 282 g/mol. The van der Waals surface area contributed by atoms with Crippen LogP contribution in [-0.2, 0) is 4.74 Å². The van der Waals surface area contributed by atoms with E-state index in [0.29, 0.717) is 6.04 Å². The van der Waals surface area contributed by atoms with Gasteiger partial charge in [0.2, 0.25) is 0 Å². The van der Waals surface area contributed by atoms with E-state index >= 15 is 0 Å². The Balaban J connectivity index is 1.99. The van der Waals surface area contributed by atoms with Crippen LogP contribution in [0, 0.1) is 11.8 Å². The van der Waals surface area contributed by atoms with E-state index in [-0.39, 0.29) is 0 Å². The van der Waals surface area contributed by atoms with Gasteiger partial charge in [0, 0.05) is 31.8 Å². The second kappa shape index (κ2) is 8.35. The SMILES string of the molecule is CCCNC1CCC(C(C)C)CC1N1CCCOCC1. The monoisotopic (exact) mass is 282 g/mol. The molecule has 1 N–H and O–H groups in total. The van der Waals surface area contributed by atoms with E-state index in [1.165, 1.54) is 38.6 Å². The lowest BCUT2D eigenvalue weighted by atomic mass is 9.76. The largest absolute Gasteiger partial charge is 0.380 e. The van der Waals surface area contributed by atoms with Gasteiger partial charge in [-0.3, -0.25) is 4.90 Å². The van der Waals surface area contributed by atoms with E-state index in [9.17, 15) is 0 Å². The normalized spacial score (nSPS) is 33.3.